The van der Waals surface area contributed by atoms with Crippen molar-refractivity contribution in [1.29, 1.82) is 0 Å². The number of hydrogen-bond acceptors (Lipinski definition) is 4. The van der Waals surface area contributed by atoms with Crippen LogP contribution >= 0.6 is 23.2 Å². The van der Waals surface area contributed by atoms with Crippen LogP contribution in [-0.4, -0.2) is 43.8 Å². The van der Waals surface area contributed by atoms with E-state index < -0.39 is 28.5 Å². The maximum atomic E-state index is 14.1. The second-order valence-corrected chi connectivity index (χ2v) is 12.4. The largest absolute Gasteiger partial charge is 0.352 e. The first kappa shape index (κ1) is 31.5. The van der Waals surface area contributed by atoms with Gasteiger partial charge in [-0.05, 0) is 62.6 Å². The minimum Gasteiger partial charge on any atom is -0.352 e. The topological polar surface area (TPSA) is 86.8 Å². The number of carbonyl (C=O) groups is 2. The maximum Gasteiger partial charge on any atom is 0.264 e. The van der Waals surface area contributed by atoms with Crippen LogP contribution in [0.4, 0.5) is 5.69 Å². The van der Waals surface area contributed by atoms with Crippen molar-refractivity contribution in [2.75, 3.05) is 10.8 Å². The van der Waals surface area contributed by atoms with E-state index in [2.05, 4.69) is 5.32 Å². The van der Waals surface area contributed by atoms with Crippen LogP contribution in [0.2, 0.25) is 10.0 Å². The SMILES string of the molecule is CCC(C)NC(=O)C(CC)N(Cc1ccc(C)cc1)C(=O)CN(c1cc(Cl)cc(Cl)c1)S(=O)(=O)c1ccccc1. The molecule has 0 radical (unpaired) electrons. The summed E-state index contributed by atoms with van der Waals surface area (Å²) in [7, 11) is -4.20. The molecule has 0 heterocycles. The van der Waals surface area contributed by atoms with Gasteiger partial charge in [0.05, 0.1) is 10.6 Å². The minimum atomic E-state index is -4.20. The fourth-order valence-electron chi connectivity index (χ4n) is 4.18. The Morgan fingerprint density at radius 3 is 2.05 bits per heavy atom. The first-order valence-corrected chi connectivity index (χ1v) is 15.3. The first-order chi connectivity index (χ1) is 19.0. The number of nitrogens with zero attached hydrogens (tertiary/aromatic N) is 2. The molecule has 0 aliphatic carbocycles. The van der Waals surface area contributed by atoms with Gasteiger partial charge >= 0.3 is 0 Å². The molecule has 0 aromatic heterocycles. The van der Waals surface area contributed by atoms with Gasteiger partial charge in [-0.15, -0.1) is 0 Å². The Balaban J connectivity index is 2.07. The molecule has 3 aromatic carbocycles. The number of hydrogen-bond donors (Lipinski definition) is 1. The van der Waals surface area contributed by atoms with Gasteiger partial charge in [-0.2, -0.15) is 0 Å². The van der Waals surface area contributed by atoms with E-state index in [1.807, 2.05) is 52.0 Å². The van der Waals surface area contributed by atoms with Crippen molar-refractivity contribution >= 4 is 50.7 Å². The molecule has 2 amide bonds. The molecule has 214 valence electrons. The number of amides is 2. The van der Waals surface area contributed by atoms with Crippen molar-refractivity contribution in [1.82, 2.24) is 10.2 Å². The van der Waals surface area contributed by atoms with E-state index >= 15 is 0 Å². The highest BCUT2D eigenvalue weighted by atomic mass is 35.5. The Morgan fingerprint density at radius 2 is 1.50 bits per heavy atom. The number of halogens is 2. The van der Waals surface area contributed by atoms with Crippen LogP contribution in [-0.2, 0) is 26.2 Å². The zero-order valence-electron chi connectivity index (χ0n) is 23.1. The van der Waals surface area contributed by atoms with Crippen molar-refractivity contribution in [3.63, 3.8) is 0 Å². The third-order valence-corrected chi connectivity index (χ3v) is 8.83. The molecule has 2 unspecified atom stereocenters. The van der Waals surface area contributed by atoms with E-state index in [0.717, 1.165) is 21.9 Å². The van der Waals surface area contributed by atoms with Crippen LogP contribution in [0.1, 0.15) is 44.7 Å². The van der Waals surface area contributed by atoms with Gasteiger partial charge in [-0.1, -0.05) is 85.1 Å². The van der Waals surface area contributed by atoms with E-state index in [1.165, 1.54) is 35.2 Å². The lowest BCUT2D eigenvalue weighted by Crippen LogP contribution is -2.53. The number of carbonyl (C=O) groups excluding carboxylic acids is 2. The predicted molar refractivity (Wildman–Crippen MR) is 161 cm³/mol. The van der Waals surface area contributed by atoms with Crippen molar-refractivity contribution in [3.05, 3.63) is 94.0 Å². The molecular weight excluding hydrogens is 569 g/mol. The van der Waals surface area contributed by atoms with Gasteiger partial charge in [0.25, 0.3) is 10.0 Å². The highest BCUT2D eigenvalue weighted by Crippen LogP contribution is 2.30. The third kappa shape index (κ3) is 7.99. The van der Waals surface area contributed by atoms with Crippen molar-refractivity contribution in [2.24, 2.45) is 0 Å². The van der Waals surface area contributed by atoms with Gasteiger partial charge in [0.1, 0.15) is 12.6 Å². The summed E-state index contributed by atoms with van der Waals surface area (Å²) in [5, 5.41) is 3.41. The fraction of sp³-hybridized carbons (Fsp3) is 0.333. The average molecular weight is 605 g/mol. The van der Waals surface area contributed by atoms with E-state index in [1.54, 1.807) is 18.2 Å². The molecule has 2 atom stereocenters. The standard InChI is InChI=1S/C30H35Cl2N3O4S/c1-5-22(4)33-30(37)28(6-2)34(19-23-14-12-21(3)13-15-23)29(36)20-35(26-17-24(31)16-25(32)18-26)40(38,39)27-10-8-7-9-11-27/h7-18,22,28H,5-6,19-20H2,1-4H3,(H,33,37). The normalized spacial score (nSPS) is 12.8. The average Bonchev–Trinajstić information content (AvgIpc) is 2.92. The van der Waals surface area contributed by atoms with Crippen LogP contribution in [0.15, 0.2) is 77.7 Å². The Bertz CT molecular complexity index is 1400. The molecule has 0 bridgehead atoms. The molecule has 1 N–H and O–H groups in total. The second kappa shape index (κ2) is 14.0. The summed E-state index contributed by atoms with van der Waals surface area (Å²) in [4.78, 5) is 28.9. The van der Waals surface area contributed by atoms with Crippen LogP contribution in [0.25, 0.3) is 0 Å². The molecule has 3 rings (SSSR count). The van der Waals surface area contributed by atoms with Crippen molar-refractivity contribution in [2.45, 2.75) is 64.1 Å². The predicted octanol–water partition coefficient (Wildman–Crippen LogP) is 6.22. The lowest BCUT2D eigenvalue weighted by molar-refractivity contribution is -0.140. The summed E-state index contributed by atoms with van der Waals surface area (Å²) in [5.74, 6) is -0.831. The zero-order chi connectivity index (χ0) is 29.4. The van der Waals surface area contributed by atoms with Gasteiger partial charge in [0, 0.05) is 22.6 Å². The molecule has 0 aliphatic heterocycles. The van der Waals surface area contributed by atoms with Gasteiger partial charge in [0.2, 0.25) is 11.8 Å². The molecule has 0 aliphatic rings. The third-order valence-electron chi connectivity index (χ3n) is 6.61. The van der Waals surface area contributed by atoms with Crippen LogP contribution < -0.4 is 9.62 Å². The summed E-state index contributed by atoms with van der Waals surface area (Å²) < 4.78 is 28.7. The molecule has 0 fully saturated rings. The quantitative estimate of drug-likeness (QED) is 0.266. The van der Waals surface area contributed by atoms with Crippen LogP contribution in [0.3, 0.4) is 0 Å². The smallest absolute Gasteiger partial charge is 0.264 e. The molecular formula is C30H35Cl2N3O4S. The second-order valence-electron chi connectivity index (χ2n) is 9.70. The number of benzene rings is 3. The molecule has 3 aromatic rings. The molecule has 40 heavy (non-hydrogen) atoms. The molecule has 0 saturated heterocycles. The van der Waals surface area contributed by atoms with E-state index in [-0.39, 0.29) is 39.1 Å². The summed E-state index contributed by atoms with van der Waals surface area (Å²) in [5.41, 5.74) is 2.01. The van der Waals surface area contributed by atoms with Gasteiger partial charge in [-0.25, -0.2) is 8.42 Å². The van der Waals surface area contributed by atoms with Crippen LogP contribution in [0, 0.1) is 6.92 Å². The zero-order valence-corrected chi connectivity index (χ0v) is 25.4. The Labute approximate surface area is 247 Å². The number of sulfonamides is 1. The highest BCUT2D eigenvalue weighted by Gasteiger charge is 2.34. The summed E-state index contributed by atoms with van der Waals surface area (Å²) in [6.45, 7) is 7.21. The molecule has 7 nitrogen and oxygen atoms in total. The number of aryl methyl sites for hydroxylation is 1. The Kier molecular flexibility index (Phi) is 11.0. The number of anilines is 1. The summed E-state index contributed by atoms with van der Waals surface area (Å²) in [6.07, 6.45) is 1.07. The Morgan fingerprint density at radius 1 is 0.900 bits per heavy atom. The van der Waals surface area contributed by atoms with Gasteiger partial charge < -0.3 is 10.2 Å². The van der Waals surface area contributed by atoms with Gasteiger partial charge in [-0.3, -0.25) is 13.9 Å². The fourth-order valence-corrected chi connectivity index (χ4v) is 6.12. The highest BCUT2D eigenvalue weighted by molar-refractivity contribution is 7.92. The van der Waals surface area contributed by atoms with E-state index in [9.17, 15) is 18.0 Å². The van der Waals surface area contributed by atoms with E-state index in [0.29, 0.717) is 6.42 Å². The van der Waals surface area contributed by atoms with E-state index in [4.69, 9.17) is 23.2 Å². The summed E-state index contributed by atoms with van der Waals surface area (Å²) in [6, 6.07) is 18.9. The van der Waals surface area contributed by atoms with Crippen molar-refractivity contribution < 1.29 is 18.0 Å². The molecule has 0 saturated carbocycles. The van der Waals surface area contributed by atoms with Crippen LogP contribution in [0.5, 0.6) is 0 Å². The lowest BCUT2D eigenvalue weighted by Gasteiger charge is -2.33. The first-order valence-electron chi connectivity index (χ1n) is 13.2. The minimum absolute atomic E-state index is 0.00513. The maximum absolute atomic E-state index is 14.1. The van der Waals surface area contributed by atoms with Gasteiger partial charge in [0.15, 0.2) is 0 Å². The lowest BCUT2D eigenvalue weighted by atomic mass is 10.1. The molecule has 10 heteroatoms. The Hall–Kier alpha value is -3.07. The monoisotopic (exact) mass is 603 g/mol. The number of rotatable bonds is 12. The molecule has 0 spiro atoms. The number of nitrogens with one attached hydrogen (secondary N) is 1. The van der Waals surface area contributed by atoms with Crippen molar-refractivity contribution in [3.8, 4) is 0 Å². The summed E-state index contributed by atoms with van der Waals surface area (Å²) >= 11 is 12.5.